The standard InChI is InChI=1S/C17H19ClN2O3S/c1-17(2,3)12-6-4-11(5-7-12)16(21)20-15-10-13(24(19,22)23)8-9-14(15)18/h4-10H,1-3H3,(H,20,21)(H2,19,22,23). The summed E-state index contributed by atoms with van der Waals surface area (Å²) in [6, 6.07) is 11.1. The van der Waals surface area contributed by atoms with Crippen molar-refractivity contribution in [2.75, 3.05) is 5.32 Å². The highest BCUT2D eigenvalue weighted by Gasteiger charge is 2.16. The summed E-state index contributed by atoms with van der Waals surface area (Å²) in [6.45, 7) is 6.25. The third kappa shape index (κ3) is 4.35. The molecule has 0 aliphatic carbocycles. The molecule has 0 spiro atoms. The Bertz CT molecular complexity index is 870. The largest absolute Gasteiger partial charge is 0.321 e. The normalized spacial score (nSPS) is 12.0. The molecule has 2 aromatic carbocycles. The molecular formula is C17H19ClN2O3S. The van der Waals surface area contributed by atoms with Gasteiger partial charge in [-0.05, 0) is 41.3 Å². The Balaban J connectivity index is 2.27. The molecule has 0 saturated heterocycles. The summed E-state index contributed by atoms with van der Waals surface area (Å²) >= 11 is 6.01. The number of halogens is 1. The molecule has 0 radical (unpaired) electrons. The van der Waals surface area contributed by atoms with Gasteiger partial charge in [-0.3, -0.25) is 4.79 Å². The molecule has 5 nitrogen and oxygen atoms in total. The number of nitrogens with two attached hydrogens (primary N) is 1. The molecule has 3 N–H and O–H groups in total. The minimum atomic E-state index is -3.87. The van der Waals surface area contributed by atoms with Gasteiger partial charge in [0.25, 0.3) is 5.91 Å². The molecule has 24 heavy (non-hydrogen) atoms. The Morgan fingerprint density at radius 2 is 1.67 bits per heavy atom. The van der Waals surface area contributed by atoms with Crippen LogP contribution in [0.1, 0.15) is 36.7 Å². The van der Waals surface area contributed by atoms with Crippen molar-refractivity contribution < 1.29 is 13.2 Å². The van der Waals surface area contributed by atoms with Gasteiger partial charge in [-0.1, -0.05) is 44.5 Å². The molecule has 1 amide bonds. The van der Waals surface area contributed by atoms with E-state index in [1.807, 2.05) is 12.1 Å². The van der Waals surface area contributed by atoms with Gasteiger partial charge >= 0.3 is 0 Å². The van der Waals surface area contributed by atoms with Crippen LogP contribution in [0.4, 0.5) is 5.69 Å². The Morgan fingerprint density at radius 1 is 1.08 bits per heavy atom. The number of hydrogen-bond donors (Lipinski definition) is 2. The molecular weight excluding hydrogens is 348 g/mol. The van der Waals surface area contributed by atoms with E-state index >= 15 is 0 Å². The molecule has 0 unspecified atom stereocenters. The van der Waals surface area contributed by atoms with Crippen molar-refractivity contribution in [3.05, 3.63) is 58.6 Å². The average molecular weight is 367 g/mol. The predicted molar refractivity (Wildman–Crippen MR) is 95.9 cm³/mol. The van der Waals surface area contributed by atoms with Crippen LogP contribution in [0.25, 0.3) is 0 Å². The first kappa shape index (κ1) is 18.4. The molecule has 0 aliphatic heterocycles. The zero-order valence-corrected chi connectivity index (χ0v) is 15.2. The number of amides is 1. The lowest BCUT2D eigenvalue weighted by Gasteiger charge is -2.19. The highest BCUT2D eigenvalue weighted by atomic mass is 35.5. The van der Waals surface area contributed by atoms with Gasteiger partial charge in [0, 0.05) is 5.56 Å². The lowest BCUT2D eigenvalue weighted by molar-refractivity contribution is 0.102. The number of benzene rings is 2. The number of nitrogens with one attached hydrogen (secondary N) is 1. The van der Waals surface area contributed by atoms with E-state index in [1.165, 1.54) is 18.2 Å². The van der Waals surface area contributed by atoms with Crippen molar-refractivity contribution in [1.29, 1.82) is 0 Å². The number of primary sulfonamides is 1. The molecule has 2 rings (SSSR count). The molecule has 0 saturated carbocycles. The van der Waals surface area contributed by atoms with Crippen LogP contribution in [0, 0.1) is 0 Å². The van der Waals surface area contributed by atoms with Crippen LogP contribution < -0.4 is 10.5 Å². The van der Waals surface area contributed by atoms with E-state index in [4.69, 9.17) is 16.7 Å². The number of rotatable bonds is 3. The quantitative estimate of drug-likeness (QED) is 0.870. The summed E-state index contributed by atoms with van der Waals surface area (Å²) in [6.07, 6.45) is 0. The number of sulfonamides is 1. The smallest absolute Gasteiger partial charge is 0.255 e. The van der Waals surface area contributed by atoms with Gasteiger partial charge in [0.05, 0.1) is 15.6 Å². The van der Waals surface area contributed by atoms with Crippen molar-refractivity contribution >= 4 is 33.2 Å². The Morgan fingerprint density at radius 3 is 2.17 bits per heavy atom. The number of hydrogen-bond acceptors (Lipinski definition) is 3. The van der Waals surface area contributed by atoms with E-state index in [2.05, 4.69) is 26.1 Å². The van der Waals surface area contributed by atoms with E-state index in [0.29, 0.717) is 5.56 Å². The van der Waals surface area contributed by atoms with Crippen LogP contribution in [0.3, 0.4) is 0 Å². The molecule has 0 atom stereocenters. The Labute approximate surface area is 146 Å². The van der Waals surface area contributed by atoms with E-state index < -0.39 is 10.0 Å². The first-order valence-electron chi connectivity index (χ1n) is 7.23. The third-order valence-corrected chi connectivity index (χ3v) is 4.77. The van der Waals surface area contributed by atoms with Gasteiger partial charge in [0.1, 0.15) is 0 Å². The predicted octanol–water partition coefficient (Wildman–Crippen LogP) is 3.54. The van der Waals surface area contributed by atoms with Gasteiger partial charge in [0.2, 0.25) is 10.0 Å². The van der Waals surface area contributed by atoms with Crippen LogP contribution in [0.15, 0.2) is 47.4 Å². The summed E-state index contributed by atoms with van der Waals surface area (Å²) in [4.78, 5) is 12.2. The first-order chi connectivity index (χ1) is 11.0. The second kappa shape index (κ2) is 6.55. The van der Waals surface area contributed by atoms with Crippen molar-refractivity contribution in [2.24, 2.45) is 5.14 Å². The highest BCUT2D eigenvalue weighted by molar-refractivity contribution is 7.89. The average Bonchev–Trinajstić information content (AvgIpc) is 2.47. The summed E-state index contributed by atoms with van der Waals surface area (Å²) in [7, 11) is -3.87. The SMILES string of the molecule is CC(C)(C)c1ccc(C(=O)Nc2cc(S(N)(=O)=O)ccc2Cl)cc1. The maximum Gasteiger partial charge on any atom is 0.255 e. The van der Waals surface area contributed by atoms with Gasteiger partial charge in [0.15, 0.2) is 0 Å². The fourth-order valence-corrected chi connectivity index (χ4v) is 2.80. The number of carbonyl (C=O) groups excluding carboxylic acids is 1. The molecule has 0 heterocycles. The van der Waals surface area contributed by atoms with E-state index in [0.717, 1.165) is 5.56 Å². The van der Waals surface area contributed by atoms with Crippen molar-refractivity contribution in [3.8, 4) is 0 Å². The molecule has 2 aromatic rings. The van der Waals surface area contributed by atoms with Gasteiger partial charge in [-0.25, -0.2) is 13.6 Å². The van der Waals surface area contributed by atoms with Crippen molar-refractivity contribution in [1.82, 2.24) is 0 Å². The molecule has 7 heteroatoms. The van der Waals surface area contributed by atoms with E-state index in [9.17, 15) is 13.2 Å². The Hall–Kier alpha value is -1.89. The van der Waals surface area contributed by atoms with Crippen molar-refractivity contribution in [2.45, 2.75) is 31.1 Å². The fourth-order valence-electron chi connectivity index (χ4n) is 2.09. The number of anilines is 1. The maximum atomic E-state index is 12.3. The molecule has 0 aliphatic rings. The van der Waals surface area contributed by atoms with Crippen LogP contribution >= 0.6 is 11.6 Å². The highest BCUT2D eigenvalue weighted by Crippen LogP contribution is 2.26. The van der Waals surface area contributed by atoms with E-state index in [1.54, 1.807) is 12.1 Å². The first-order valence-corrected chi connectivity index (χ1v) is 9.15. The lowest BCUT2D eigenvalue weighted by Crippen LogP contribution is -2.16. The van der Waals surface area contributed by atoms with Crippen LogP contribution in [0.2, 0.25) is 5.02 Å². The monoisotopic (exact) mass is 366 g/mol. The second-order valence-corrected chi connectivity index (χ2v) is 8.44. The van der Waals surface area contributed by atoms with Crippen LogP contribution in [0.5, 0.6) is 0 Å². The van der Waals surface area contributed by atoms with E-state index in [-0.39, 0.29) is 26.9 Å². The molecule has 0 fully saturated rings. The minimum Gasteiger partial charge on any atom is -0.321 e. The van der Waals surface area contributed by atoms with Gasteiger partial charge in [-0.15, -0.1) is 0 Å². The molecule has 128 valence electrons. The summed E-state index contributed by atoms with van der Waals surface area (Å²) in [5.41, 5.74) is 1.73. The maximum absolute atomic E-state index is 12.3. The summed E-state index contributed by atoms with van der Waals surface area (Å²) < 4.78 is 22.8. The minimum absolute atomic E-state index is 0.0118. The van der Waals surface area contributed by atoms with Crippen LogP contribution in [-0.4, -0.2) is 14.3 Å². The van der Waals surface area contributed by atoms with Crippen molar-refractivity contribution in [3.63, 3.8) is 0 Å². The Kier molecular flexibility index (Phi) is 5.03. The zero-order chi connectivity index (χ0) is 18.1. The van der Waals surface area contributed by atoms with Gasteiger partial charge < -0.3 is 5.32 Å². The third-order valence-electron chi connectivity index (χ3n) is 3.53. The van der Waals surface area contributed by atoms with Crippen LogP contribution in [-0.2, 0) is 15.4 Å². The fraction of sp³-hybridized carbons (Fsp3) is 0.235. The lowest BCUT2D eigenvalue weighted by atomic mass is 9.87. The summed E-state index contributed by atoms with van der Waals surface area (Å²) in [5, 5.41) is 7.92. The summed E-state index contributed by atoms with van der Waals surface area (Å²) in [5.74, 6) is -0.385. The molecule has 0 bridgehead atoms. The second-order valence-electron chi connectivity index (χ2n) is 6.47. The van der Waals surface area contributed by atoms with Gasteiger partial charge in [-0.2, -0.15) is 0 Å². The number of carbonyl (C=O) groups is 1. The topological polar surface area (TPSA) is 89.3 Å². The zero-order valence-electron chi connectivity index (χ0n) is 13.6. The molecule has 0 aromatic heterocycles.